The minimum Gasteiger partial charge on any atom is -0.309 e. The Bertz CT molecular complexity index is 4160. The van der Waals surface area contributed by atoms with Crippen LogP contribution in [0.25, 0.3) is 82.4 Å². The smallest absolute Gasteiger partial charge is 0.309 e. The normalized spacial score (nSPS) is 16.4. The van der Waals surface area contributed by atoms with E-state index in [1.807, 2.05) is 0 Å². The average Bonchev–Trinajstić information content (AvgIpc) is 4.11. The Labute approximate surface area is 361 Å². The zero-order chi connectivity index (χ0) is 40.8. The molecule has 13 aromatic rings. The highest BCUT2D eigenvalue weighted by Crippen LogP contribution is 2.50. The van der Waals surface area contributed by atoms with Crippen molar-refractivity contribution in [1.82, 2.24) is 13.5 Å². The molecule has 0 saturated carbocycles. The molecule has 63 heavy (non-hydrogen) atoms. The Balaban J connectivity index is 1.18. The summed E-state index contributed by atoms with van der Waals surface area (Å²) in [5, 5.41) is 14.7. The molecule has 8 aromatic carbocycles. The molecular formula is C57H35N5Si+2. The van der Waals surface area contributed by atoms with E-state index in [9.17, 15) is 0 Å². The SMILES string of the molecule is c1ccc(-n2c3ccccc3c3cc4c5ccc6c7c5c5n(cc[n+]5C75c7c(ccc8c9ccccc9n(c78)-c7cccc[n+]75)[Si]6(c5ccccc5)c5ccccc5)c4cc32)cc1. The van der Waals surface area contributed by atoms with Crippen molar-refractivity contribution in [2.24, 2.45) is 0 Å². The standard InChI is InChI=1S/C57H35N5Si/c1-4-16-36(17-5-1)61-45-24-12-11-23-40(45)43-34-44-41-27-29-49-53-52(41)56-58(47(44)35-48(43)61)32-33-60(56)57(53)54-50(63(49,37-18-6-2-7-19-37)38-20-8-3-9-21-38)30-28-42-39-22-10-13-25-46(39)62(55(42)54)51-26-14-15-31-59(51)57/h1-35H/q+2. The van der Waals surface area contributed by atoms with Crippen LogP contribution in [-0.4, -0.2) is 21.6 Å². The van der Waals surface area contributed by atoms with Gasteiger partial charge in [-0.2, -0.15) is 18.1 Å². The van der Waals surface area contributed by atoms with Gasteiger partial charge in [0.05, 0.1) is 33.7 Å². The van der Waals surface area contributed by atoms with Crippen LogP contribution in [0, 0.1) is 0 Å². The monoisotopic (exact) mass is 817 g/mol. The maximum Gasteiger partial charge on any atom is 0.311 e. The van der Waals surface area contributed by atoms with Crippen LogP contribution in [0.4, 0.5) is 0 Å². The van der Waals surface area contributed by atoms with Crippen molar-refractivity contribution in [1.29, 1.82) is 0 Å². The lowest BCUT2D eigenvalue weighted by molar-refractivity contribution is -0.956. The first-order valence-corrected chi connectivity index (χ1v) is 23.9. The minimum atomic E-state index is -3.02. The van der Waals surface area contributed by atoms with Gasteiger partial charge in [-0.1, -0.05) is 133 Å². The lowest BCUT2D eigenvalue weighted by Crippen LogP contribution is -2.86. The van der Waals surface area contributed by atoms with E-state index in [0.29, 0.717) is 0 Å². The zero-order valence-electron chi connectivity index (χ0n) is 33.9. The number of benzene rings is 8. The number of pyridine rings is 2. The molecular weight excluding hydrogens is 783 g/mol. The molecule has 3 aliphatic heterocycles. The summed E-state index contributed by atoms with van der Waals surface area (Å²) in [6.07, 6.45) is 7.08. The van der Waals surface area contributed by atoms with Gasteiger partial charge in [0.25, 0.3) is 11.5 Å². The van der Waals surface area contributed by atoms with E-state index < -0.39 is 13.7 Å². The summed E-state index contributed by atoms with van der Waals surface area (Å²) in [6.45, 7) is 0. The van der Waals surface area contributed by atoms with Crippen molar-refractivity contribution in [3.05, 3.63) is 224 Å². The van der Waals surface area contributed by atoms with Crippen LogP contribution in [0.15, 0.2) is 213 Å². The number of para-hydroxylation sites is 3. The second-order valence-corrected chi connectivity index (χ2v) is 21.4. The first kappa shape index (κ1) is 32.7. The number of rotatable bonds is 3. The molecule has 1 spiro atoms. The average molecular weight is 818 g/mol. The van der Waals surface area contributed by atoms with Gasteiger partial charge in [-0.25, -0.2) is 0 Å². The van der Waals surface area contributed by atoms with Crippen molar-refractivity contribution in [3.63, 3.8) is 0 Å². The molecule has 1 unspecified atom stereocenters. The molecule has 0 radical (unpaired) electrons. The molecule has 0 N–H and O–H groups in total. The van der Waals surface area contributed by atoms with Crippen LogP contribution in [0.3, 0.4) is 0 Å². The summed E-state index contributed by atoms with van der Waals surface area (Å²) < 4.78 is 12.8. The number of hydrogen-bond acceptors (Lipinski definition) is 0. The van der Waals surface area contributed by atoms with Crippen molar-refractivity contribution >= 4 is 99.8 Å². The summed E-state index contributed by atoms with van der Waals surface area (Å²) in [5.41, 5.74) is 10.7. The van der Waals surface area contributed by atoms with Crippen LogP contribution in [0.1, 0.15) is 11.1 Å². The molecule has 0 saturated heterocycles. The van der Waals surface area contributed by atoms with E-state index in [-0.39, 0.29) is 0 Å². The quantitative estimate of drug-likeness (QED) is 0.0969. The minimum absolute atomic E-state index is 0.704. The van der Waals surface area contributed by atoms with Crippen LogP contribution in [0.5, 0.6) is 0 Å². The molecule has 0 amide bonds. The van der Waals surface area contributed by atoms with Crippen molar-refractivity contribution in [2.75, 3.05) is 0 Å². The zero-order valence-corrected chi connectivity index (χ0v) is 34.9. The third-order valence-electron chi connectivity index (χ3n) is 15.1. The molecule has 8 heterocycles. The molecule has 5 nitrogen and oxygen atoms in total. The Morgan fingerprint density at radius 2 is 1.02 bits per heavy atom. The molecule has 6 heteroatoms. The van der Waals surface area contributed by atoms with E-state index in [0.717, 1.165) is 5.69 Å². The predicted octanol–water partition coefficient (Wildman–Crippen LogP) is 8.63. The number of aromatic nitrogens is 5. The van der Waals surface area contributed by atoms with E-state index in [2.05, 4.69) is 235 Å². The Morgan fingerprint density at radius 3 is 1.76 bits per heavy atom. The number of hydrogen-bond donors (Lipinski definition) is 0. The van der Waals surface area contributed by atoms with Crippen molar-refractivity contribution in [3.8, 4) is 11.5 Å². The highest BCUT2D eigenvalue weighted by atomic mass is 28.3. The summed E-state index contributed by atoms with van der Waals surface area (Å²) in [6, 6.07) is 73.5. The van der Waals surface area contributed by atoms with Gasteiger partial charge in [0, 0.05) is 50.1 Å². The van der Waals surface area contributed by atoms with E-state index in [4.69, 9.17) is 0 Å². The molecule has 1 atom stereocenters. The first-order valence-electron chi connectivity index (χ1n) is 21.9. The first-order chi connectivity index (χ1) is 31.3. The fraction of sp³-hybridized carbons (Fsp3) is 0.0175. The van der Waals surface area contributed by atoms with E-state index in [1.54, 1.807) is 0 Å². The lowest BCUT2D eigenvalue weighted by atomic mass is 9.85. The van der Waals surface area contributed by atoms with Gasteiger partial charge in [-0.3, -0.25) is 0 Å². The fourth-order valence-corrected chi connectivity index (χ4v) is 18.2. The van der Waals surface area contributed by atoms with Crippen LogP contribution in [0.2, 0.25) is 0 Å². The molecule has 290 valence electrons. The molecule has 0 bridgehead atoms. The van der Waals surface area contributed by atoms with E-state index >= 15 is 0 Å². The molecule has 0 aliphatic carbocycles. The lowest BCUT2D eigenvalue weighted by Gasteiger charge is -2.45. The molecule has 3 aliphatic rings. The topological polar surface area (TPSA) is 22.0 Å². The van der Waals surface area contributed by atoms with Crippen molar-refractivity contribution in [2.45, 2.75) is 5.66 Å². The maximum atomic E-state index is 2.65. The molecule has 16 rings (SSSR count). The molecule has 5 aromatic heterocycles. The summed E-state index contributed by atoms with van der Waals surface area (Å²) in [4.78, 5) is 0. The highest BCUT2D eigenvalue weighted by Gasteiger charge is 2.68. The number of imidazole rings is 1. The summed E-state index contributed by atoms with van der Waals surface area (Å²) in [5.74, 6) is 1.17. The molecule has 0 fully saturated rings. The van der Waals surface area contributed by atoms with Gasteiger partial charge in [0.15, 0.2) is 13.6 Å². The summed E-state index contributed by atoms with van der Waals surface area (Å²) >= 11 is 0. The van der Waals surface area contributed by atoms with Crippen LogP contribution < -0.4 is 29.9 Å². The predicted molar refractivity (Wildman–Crippen MR) is 257 cm³/mol. The van der Waals surface area contributed by atoms with Gasteiger partial charge in [-0.05, 0) is 69.3 Å². The van der Waals surface area contributed by atoms with Gasteiger partial charge in [0.1, 0.15) is 23.4 Å². The van der Waals surface area contributed by atoms with Gasteiger partial charge < -0.3 is 4.57 Å². The second-order valence-electron chi connectivity index (χ2n) is 17.7. The van der Waals surface area contributed by atoms with Crippen LogP contribution >= 0.6 is 0 Å². The maximum absolute atomic E-state index is 3.02. The third kappa shape index (κ3) is 3.50. The number of fused-ring (bicyclic) bond motifs is 11. The van der Waals surface area contributed by atoms with Crippen LogP contribution in [-0.2, 0) is 5.66 Å². The van der Waals surface area contributed by atoms with Crippen molar-refractivity contribution < 1.29 is 9.13 Å². The largest absolute Gasteiger partial charge is 0.311 e. The van der Waals surface area contributed by atoms with Gasteiger partial charge in [-0.15, -0.1) is 0 Å². The second kappa shape index (κ2) is 11.1. The third-order valence-corrected chi connectivity index (χ3v) is 20.0. The Kier molecular flexibility index (Phi) is 5.73. The Morgan fingerprint density at radius 1 is 0.413 bits per heavy atom. The summed E-state index contributed by atoms with van der Waals surface area (Å²) in [7, 11) is -3.02. The highest BCUT2D eigenvalue weighted by molar-refractivity contribution is 7.20. The fourth-order valence-electron chi connectivity index (χ4n) is 13.0. The van der Waals surface area contributed by atoms with Gasteiger partial charge in [0.2, 0.25) is 0 Å². The van der Waals surface area contributed by atoms with Gasteiger partial charge >= 0.3 is 5.66 Å². The van der Waals surface area contributed by atoms with E-state index in [1.165, 1.54) is 109 Å². The Hall–Kier alpha value is -8.06. The number of nitrogens with zero attached hydrogens (tertiary/aromatic N) is 5.